The molecule has 0 saturated heterocycles. The Kier molecular flexibility index (Phi) is 6.43. The van der Waals surface area contributed by atoms with E-state index in [2.05, 4.69) is 34.6 Å². The Bertz CT molecular complexity index is 140. The minimum absolute atomic E-state index is 0.386. The van der Waals surface area contributed by atoms with Crippen LogP contribution in [0.1, 0.15) is 60.3 Å². The Labute approximate surface area is 90.2 Å². The van der Waals surface area contributed by atoms with Gasteiger partial charge in [0, 0.05) is 7.11 Å². The van der Waals surface area contributed by atoms with Crippen molar-refractivity contribution in [3.63, 3.8) is 0 Å². The Hall–Kier alpha value is -0.0400. The molecule has 0 spiro atoms. The molecule has 0 bridgehead atoms. The maximum Gasteiger partial charge on any atom is 0.0576 e. The zero-order chi connectivity index (χ0) is 11.2. The van der Waals surface area contributed by atoms with Crippen LogP contribution in [-0.4, -0.2) is 13.2 Å². The zero-order valence-corrected chi connectivity index (χ0v) is 10.9. The molecule has 14 heavy (non-hydrogen) atoms. The van der Waals surface area contributed by atoms with Crippen LogP contribution in [0, 0.1) is 11.3 Å². The lowest BCUT2D eigenvalue weighted by molar-refractivity contribution is 0.00364. The number of unbranched alkanes of at least 4 members (excludes halogenated alkanes) is 1. The Morgan fingerprint density at radius 1 is 1.21 bits per heavy atom. The number of methoxy groups -OCH3 is 1. The van der Waals surface area contributed by atoms with Crippen LogP contribution >= 0.6 is 0 Å². The minimum Gasteiger partial charge on any atom is -0.381 e. The maximum atomic E-state index is 5.50. The van der Waals surface area contributed by atoms with Gasteiger partial charge in [-0.3, -0.25) is 0 Å². The van der Waals surface area contributed by atoms with Crippen LogP contribution in [-0.2, 0) is 4.74 Å². The summed E-state index contributed by atoms with van der Waals surface area (Å²) in [7, 11) is 1.83. The molecule has 0 aliphatic heterocycles. The van der Waals surface area contributed by atoms with Gasteiger partial charge in [-0.2, -0.15) is 0 Å². The van der Waals surface area contributed by atoms with Crippen LogP contribution in [0.25, 0.3) is 0 Å². The quantitative estimate of drug-likeness (QED) is 0.596. The zero-order valence-electron chi connectivity index (χ0n) is 10.9. The van der Waals surface area contributed by atoms with Gasteiger partial charge in [0.15, 0.2) is 0 Å². The molecule has 86 valence electrons. The van der Waals surface area contributed by atoms with Crippen LogP contribution in [0.3, 0.4) is 0 Å². The van der Waals surface area contributed by atoms with Gasteiger partial charge >= 0.3 is 0 Å². The molecule has 0 fully saturated rings. The van der Waals surface area contributed by atoms with Crippen LogP contribution in [0.2, 0.25) is 0 Å². The van der Waals surface area contributed by atoms with Crippen molar-refractivity contribution in [3.05, 3.63) is 0 Å². The molecule has 0 aliphatic carbocycles. The van der Waals surface area contributed by atoms with E-state index in [9.17, 15) is 0 Å². The summed E-state index contributed by atoms with van der Waals surface area (Å²) >= 11 is 0. The maximum absolute atomic E-state index is 5.50. The van der Waals surface area contributed by atoms with Crippen molar-refractivity contribution in [2.45, 2.75) is 66.4 Å². The van der Waals surface area contributed by atoms with Crippen molar-refractivity contribution in [2.75, 3.05) is 7.11 Å². The second-order valence-corrected chi connectivity index (χ2v) is 5.03. The largest absolute Gasteiger partial charge is 0.381 e. The van der Waals surface area contributed by atoms with Crippen molar-refractivity contribution in [3.8, 4) is 0 Å². The Balaban J connectivity index is 4.37. The molecule has 0 aromatic carbocycles. The lowest BCUT2D eigenvalue weighted by Crippen LogP contribution is -2.33. The third kappa shape index (κ3) is 4.00. The van der Waals surface area contributed by atoms with Gasteiger partial charge in [-0.25, -0.2) is 0 Å². The van der Waals surface area contributed by atoms with E-state index in [0.29, 0.717) is 17.4 Å². The normalized spacial score (nSPS) is 16.7. The van der Waals surface area contributed by atoms with Crippen LogP contribution in [0.5, 0.6) is 0 Å². The first-order valence-electron chi connectivity index (χ1n) is 6.02. The molecule has 0 N–H and O–H groups in total. The molecule has 0 radical (unpaired) electrons. The summed E-state index contributed by atoms with van der Waals surface area (Å²) in [6.07, 6.45) is 5.52. The molecular weight excluding hydrogens is 172 g/mol. The predicted octanol–water partition coefficient (Wildman–Crippen LogP) is 4.26. The number of rotatable bonds is 7. The fourth-order valence-electron chi connectivity index (χ4n) is 2.11. The van der Waals surface area contributed by atoms with Gasteiger partial charge in [0.05, 0.1) is 6.10 Å². The summed E-state index contributed by atoms with van der Waals surface area (Å²) in [5.74, 6) is 0.692. The second kappa shape index (κ2) is 6.44. The fraction of sp³-hybridized carbons (Fsp3) is 1.00. The molecular formula is C13H28O. The van der Waals surface area contributed by atoms with E-state index in [4.69, 9.17) is 4.74 Å². The molecule has 0 heterocycles. The monoisotopic (exact) mass is 200 g/mol. The Morgan fingerprint density at radius 2 is 1.79 bits per heavy atom. The smallest absolute Gasteiger partial charge is 0.0576 e. The second-order valence-electron chi connectivity index (χ2n) is 5.03. The lowest BCUT2D eigenvalue weighted by atomic mass is 9.72. The molecule has 1 nitrogen and oxygen atoms in total. The summed E-state index contributed by atoms with van der Waals surface area (Å²) in [5, 5.41) is 0. The number of hydrogen-bond donors (Lipinski definition) is 0. The van der Waals surface area contributed by atoms with E-state index < -0.39 is 0 Å². The molecule has 0 aliphatic rings. The summed E-state index contributed by atoms with van der Waals surface area (Å²) < 4.78 is 5.50. The predicted molar refractivity (Wildman–Crippen MR) is 63.6 cm³/mol. The first-order valence-corrected chi connectivity index (χ1v) is 6.02. The first kappa shape index (κ1) is 14.0. The molecule has 2 atom stereocenters. The van der Waals surface area contributed by atoms with E-state index in [1.807, 2.05) is 7.11 Å². The van der Waals surface area contributed by atoms with Crippen molar-refractivity contribution in [2.24, 2.45) is 11.3 Å². The SMILES string of the molecule is CCCCC(C(C)OC)C(C)(C)CC. The van der Waals surface area contributed by atoms with Gasteiger partial charge in [0.2, 0.25) is 0 Å². The highest BCUT2D eigenvalue weighted by Crippen LogP contribution is 2.37. The standard InChI is InChI=1S/C13H28O/c1-7-9-10-12(11(3)14-6)13(4,5)8-2/h11-12H,7-10H2,1-6H3. The van der Waals surface area contributed by atoms with Gasteiger partial charge < -0.3 is 4.74 Å². The van der Waals surface area contributed by atoms with E-state index in [0.717, 1.165) is 0 Å². The van der Waals surface area contributed by atoms with Crippen molar-refractivity contribution in [1.29, 1.82) is 0 Å². The molecule has 0 amide bonds. The Morgan fingerprint density at radius 3 is 2.14 bits per heavy atom. The molecule has 0 rings (SSSR count). The highest BCUT2D eigenvalue weighted by atomic mass is 16.5. The van der Waals surface area contributed by atoms with Gasteiger partial charge in [-0.05, 0) is 24.7 Å². The van der Waals surface area contributed by atoms with E-state index in [-0.39, 0.29) is 0 Å². The molecule has 0 aromatic heterocycles. The summed E-state index contributed by atoms with van der Waals surface area (Å²) in [4.78, 5) is 0. The van der Waals surface area contributed by atoms with E-state index in [1.165, 1.54) is 25.7 Å². The summed E-state index contributed by atoms with van der Waals surface area (Å²) in [5.41, 5.74) is 0.407. The fourth-order valence-corrected chi connectivity index (χ4v) is 2.11. The average Bonchev–Trinajstić information content (AvgIpc) is 2.17. The molecule has 0 saturated carbocycles. The highest BCUT2D eigenvalue weighted by molar-refractivity contribution is 4.81. The minimum atomic E-state index is 0.386. The summed E-state index contributed by atoms with van der Waals surface area (Å²) in [6.45, 7) is 11.5. The van der Waals surface area contributed by atoms with Crippen LogP contribution in [0.15, 0.2) is 0 Å². The molecule has 1 heteroatoms. The number of hydrogen-bond acceptors (Lipinski definition) is 1. The van der Waals surface area contributed by atoms with Crippen molar-refractivity contribution < 1.29 is 4.74 Å². The average molecular weight is 200 g/mol. The third-order valence-corrected chi connectivity index (χ3v) is 3.72. The van der Waals surface area contributed by atoms with Gasteiger partial charge in [0.1, 0.15) is 0 Å². The highest BCUT2D eigenvalue weighted by Gasteiger charge is 2.31. The van der Waals surface area contributed by atoms with E-state index in [1.54, 1.807) is 0 Å². The summed E-state index contributed by atoms with van der Waals surface area (Å²) in [6, 6.07) is 0. The topological polar surface area (TPSA) is 9.23 Å². The lowest BCUT2D eigenvalue weighted by Gasteiger charge is -2.37. The van der Waals surface area contributed by atoms with Crippen molar-refractivity contribution >= 4 is 0 Å². The third-order valence-electron chi connectivity index (χ3n) is 3.72. The van der Waals surface area contributed by atoms with Gasteiger partial charge in [-0.1, -0.05) is 47.0 Å². The van der Waals surface area contributed by atoms with Crippen LogP contribution in [0.4, 0.5) is 0 Å². The van der Waals surface area contributed by atoms with Crippen LogP contribution < -0.4 is 0 Å². The van der Waals surface area contributed by atoms with Gasteiger partial charge in [0.25, 0.3) is 0 Å². The van der Waals surface area contributed by atoms with Gasteiger partial charge in [-0.15, -0.1) is 0 Å². The molecule has 2 unspecified atom stereocenters. The first-order chi connectivity index (χ1) is 6.49. The molecule has 0 aromatic rings. The van der Waals surface area contributed by atoms with Crippen molar-refractivity contribution in [1.82, 2.24) is 0 Å². The number of ether oxygens (including phenoxy) is 1. The van der Waals surface area contributed by atoms with E-state index >= 15 is 0 Å².